The van der Waals surface area contributed by atoms with Crippen LogP contribution in [0.5, 0.6) is 5.75 Å². The van der Waals surface area contributed by atoms with Gasteiger partial charge in [0.1, 0.15) is 0 Å². The molecule has 1 rings (SSSR count). The summed E-state index contributed by atoms with van der Waals surface area (Å²) in [5, 5.41) is 12.9. The minimum Gasteiger partial charge on any atom is -0.487 e. The molecule has 0 spiro atoms. The van der Waals surface area contributed by atoms with Crippen LogP contribution in [0.2, 0.25) is 0 Å². The Kier molecular flexibility index (Phi) is 5.74. The Morgan fingerprint density at radius 2 is 2.10 bits per heavy atom. The molecule has 0 saturated carbocycles. The lowest BCUT2D eigenvalue weighted by Gasteiger charge is -2.17. The van der Waals surface area contributed by atoms with Gasteiger partial charge in [-0.25, -0.2) is 8.78 Å². The summed E-state index contributed by atoms with van der Waals surface area (Å²) in [6.07, 6.45) is -3.20. The monoisotopic (exact) mass is 310 g/mol. The molecule has 0 aromatic heterocycles. The van der Waals surface area contributed by atoms with Crippen molar-refractivity contribution in [1.82, 2.24) is 0 Å². The summed E-state index contributed by atoms with van der Waals surface area (Å²) in [5.74, 6) is -4.29. The maximum absolute atomic E-state index is 12.8. The van der Waals surface area contributed by atoms with E-state index in [1.54, 1.807) is 6.92 Å². The number of anilines is 1. The van der Waals surface area contributed by atoms with Gasteiger partial charge in [-0.3, -0.25) is 10.1 Å². The number of rotatable bonds is 8. The highest BCUT2D eigenvalue weighted by Gasteiger charge is 2.40. The normalized spacial score (nSPS) is 11.5. The van der Waals surface area contributed by atoms with Gasteiger partial charge in [0.15, 0.2) is 5.75 Å². The highest BCUT2D eigenvalue weighted by atomic mass is 19.3. The van der Waals surface area contributed by atoms with Crippen molar-refractivity contribution in [2.24, 2.45) is 0 Å². The molecule has 5 nitrogen and oxygen atoms in total. The maximum atomic E-state index is 12.8. The van der Waals surface area contributed by atoms with Crippen molar-refractivity contribution in [3.05, 3.63) is 28.3 Å². The number of nitro benzene ring substituents is 1. The number of nitrogens with zero attached hydrogens (tertiary/aromatic N) is 1. The highest BCUT2D eigenvalue weighted by molar-refractivity contribution is 5.58. The highest BCUT2D eigenvalue weighted by Crippen LogP contribution is 2.31. The number of nitrogens with one attached hydrogen (secondary N) is 1. The Balaban J connectivity index is 2.87. The van der Waals surface area contributed by atoms with Gasteiger partial charge in [-0.15, -0.1) is 0 Å². The average Bonchev–Trinajstić information content (AvgIpc) is 2.42. The zero-order valence-corrected chi connectivity index (χ0v) is 11.1. The molecule has 0 aliphatic rings. The van der Waals surface area contributed by atoms with E-state index < -0.39 is 23.8 Å². The third-order valence-electron chi connectivity index (χ3n) is 2.47. The van der Waals surface area contributed by atoms with Crippen LogP contribution >= 0.6 is 0 Å². The lowest BCUT2D eigenvalue weighted by molar-refractivity contribution is -0.385. The number of benzene rings is 1. The van der Waals surface area contributed by atoms with Crippen molar-refractivity contribution in [1.29, 1.82) is 0 Å². The molecule has 1 N–H and O–H groups in total. The molecule has 0 aliphatic heterocycles. The molecular formula is C12H14F4N2O3. The number of nitro groups is 1. The molecule has 1 aromatic rings. The largest absolute Gasteiger partial charge is 0.487 e. The average molecular weight is 310 g/mol. The summed E-state index contributed by atoms with van der Waals surface area (Å²) in [7, 11) is 0. The van der Waals surface area contributed by atoms with E-state index in [9.17, 15) is 27.7 Å². The SMILES string of the molecule is CCCOc1cc(NCC(F)(F)C(F)F)ccc1[N+](=O)[O-]. The van der Waals surface area contributed by atoms with E-state index in [-0.39, 0.29) is 23.7 Å². The number of halogens is 4. The van der Waals surface area contributed by atoms with Gasteiger partial charge in [0, 0.05) is 17.8 Å². The third-order valence-corrected chi connectivity index (χ3v) is 2.47. The van der Waals surface area contributed by atoms with Crippen LogP contribution in [0.1, 0.15) is 13.3 Å². The molecule has 0 radical (unpaired) electrons. The Morgan fingerprint density at radius 3 is 2.62 bits per heavy atom. The Hall–Kier alpha value is -2.06. The lowest BCUT2D eigenvalue weighted by atomic mass is 10.2. The maximum Gasteiger partial charge on any atom is 0.324 e. The van der Waals surface area contributed by atoms with Gasteiger partial charge in [0.25, 0.3) is 0 Å². The number of hydrogen-bond acceptors (Lipinski definition) is 4. The quantitative estimate of drug-likeness (QED) is 0.452. The van der Waals surface area contributed by atoms with Gasteiger partial charge in [-0.1, -0.05) is 6.92 Å². The molecule has 0 fully saturated rings. The van der Waals surface area contributed by atoms with E-state index >= 15 is 0 Å². The van der Waals surface area contributed by atoms with Crippen molar-refractivity contribution < 1.29 is 27.2 Å². The van der Waals surface area contributed by atoms with Crippen molar-refractivity contribution in [3.8, 4) is 5.75 Å². The second-order valence-corrected chi connectivity index (χ2v) is 4.20. The summed E-state index contributed by atoms with van der Waals surface area (Å²) in [6.45, 7) is 0.713. The fourth-order valence-corrected chi connectivity index (χ4v) is 1.40. The van der Waals surface area contributed by atoms with Crippen LogP contribution in [0.15, 0.2) is 18.2 Å². The minimum atomic E-state index is -4.19. The Morgan fingerprint density at radius 1 is 1.43 bits per heavy atom. The van der Waals surface area contributed by atoms with E-state index in [1.807, 2.05) is 0 Å². The van der Waals surface area contributed by atoms with Gasteiger partial charge in [0.05, 0.1) is 18.1 Å². The first-order chi connectivity index (χ1) is 9.77. The molecule has 1 aromatic carbocycles. The predicted molar refractivity (Wildman–Crippen MR) is 68.3 cm³/mol. The summed E-state index contributed by atoms with van der Waals surface area (Å²) in [5.41, 5.74) is -0.290. The Labute approximate surface area is 118 Å². The topological polar surface area (TPSA) is 64.4 Å². The van der Waals surface area contributed by atoms with Crippen LogP contribution in [0, 0.1) is 10.1 Å². The molecule has 21 heavy (non-hydrogen) atoms. The van der Waals surface area contributed by atoms with Crippen molar-refractivity contribution in [2.45, 2.75) is 25.7 Å². The molecule has 9 heteroatoms. The van der Waals surface area contributed by atoms with Crippen molar-refractivity contribution in [2.75, 3.05) is 18.5 Å². The van der Waals surface area contributed by atoms with Crippen LogP contribution in [-0.2, 0) is 0 Å². The summed E-state index contributed by atoms with van der Waals surface area (Å²) >= 11 is 0. The number of hydrogen-bond donors (Lipinski definition) is 1. The zero-order chi connectivity index (χ0) is 16.0. The standard InChI is InChI=1S/C12H14F4N2O3/c1-2-5-21-10-6-8(3-4-9(10)18(19)20)17-7-12(15,16)11(13)14/h3-4,6,11,17H,2,5,7H2,1H3. The first-order valence-electron chi connectivity index (χ1n) is 6.09. The third kappa shape index (κ3) is 4.76. The molecule has 0 aliphatic carbocycles. The summed E-state index contributed by atoms with van der Waals surface area (Å²) < 4.78 is 54.8. The van der Waals surface area contributed by atoms with Crippen molar-refractivity contribution in [3.63, 3.8) is 0 Å². The second kappa shape index (κ2) is 7.09. The van der Waals surface area contributed by atoms with E-state index in [4.69, 9.17) is 4.74 Å². The fraction of sp³-hybridized carbons (Fsp3) is 0.500. The van der Waals surface area contributed by atoms with E-state index in [1.165, 1.54) is 0 Å². The molecule has 118 valence electrons. The van der Waals surface area contributed by atoms with Gasteiger partial charge >= 0.3 is 18.0 Å². The van der Waals surface area contributed by atoms with Crippen LogP contribution < -0.4 is 10.1 Å². The van der Waals surface area contributed by atoms with Crippen LogP contribution in [0.3, 0.4) is 0 Å². The fourth-order valence-electron chi connectivity index (χ4n) is 1.40. The smallest absolute Gasteiger partial charge is 0.324 e. The second-order valence-electron chi connectivity index (χ2n) is 4.20. The Bertz CT molecular complexity index is 497. The van der Waals surface area contributed by atoms with Crippen LogP contribution in [-0.4, -0.2) is 30.4 Å². The predicted octanol–water partition coefficient (Wildman–Crippen LogP) is 3.70. The lowest BCUT2D eigenvalue weighted by Crippen LogP contribution is -2.34. The number of alkyl halides is 4. The van der Waals surface area contributed by atoms with Crippen LogP contribution in [0.4, 0.5) is 28.9 Å². The first kappa shape index (κ1) is 17.0. The van der Waals surface area contributed by atoms with Crippen LogP contribution in [0.25, 0.3) is 0 Å². The van der Waals surface area contributed by atoms with Gasteiger partial charge in [-0.05, 0) is 12.5 Å². The molecule has 0 heterocycles. The number of ether oxygens (including phenoxy) is 1. The zero-order valence-electron chi connectivity index (χ0n) is 11.1. The van der Waals surface area contributed by atoms with E-state index in [2.05, 4.69) is 5.32 Å². The molecule has 0 atom stereocenters. The molecule has 0 saturated heterocycles. The summed E-state index contributed by atoms with van der Waals surface area (Å²) in [4.78, 5) is 10.1. The molecule has 0 unspecified atom stereocenters. The van der Waals surface area contributed by atoms with Crippen molar-refractivity contribution >= 4 is 11.4 Å². The molecule has 0 bridgehead atoms. The van der Waals surface area contributed by atoms with Gasteiger partial charge in [-0.2, -0.15) is 8.78 Å². The van der Waals surface area contributed by atoms with Gasteiger partial charge < -0.3 is 10.1 Å². The minimum absolute atomic E-state index is 0.0343. The van der Waals surface area contributed by atoms with E-state index in [0.717, 1.165) is 18.2 Å². The first-order valence-corrected chi connectivity index (χ1v) is 6.09. The summed E-state index contributed by atoms with van der Waals surface area (Å²) in [6, 6.07) is 3.35. The van der Waals surface area contributed by atoms with Gasteiger partial charge in [0.2, 0.25) is 0 Å². The molecule has 0 amide bonds. The molecular weight excluding hydrogens is 296 g/mol. The van der Waals surface area contributed by atoms with E-state index in [0.29, 0.717) is 6.42 Å².